The molecular formula is C15H21BrN2O2. The summed E-state index contributed by atoms with van der Waals surface area (Å²) in [5, 5.41) is 0. The molecule has 0 saturated heterocycles. The van der Waals surface area contributed by atoms with Gasteiger partial charge in [0.25, 0.3) is 0 Å². The van der Waals surface area contributed by atoms with Crippen LogP contribution in [0, 0.1) is 0 Å². The van der Waals surface area contributed by atoms with Gasteiger partial charge in [-0.2, -0.15) is 0 Å². The van der Waals surface area contributed by atoms with Gasteiger partial charge in [-0.1, -0.05) is 0 Å². The highest BCUT2D eigenvalue weighted by molar-refractivity contribution is 9.10. The molecule has 1 aliphatic heterocycles. The molecule has 0 radical (unpaired) electrons. The van der Waals surface area contributed by atoms with E-state index in [2.05, 4.69) is 20.9 Å². The number of hydrogen-bond donors (Lipinski definition) is 1. The molecule has 0 aromatic carbocycles. The van der Waals surface area contributed by atoms with Crippen LogP contribution in [0.25, 0.3) is 0 Å². The summed E-state index contributed by atoms with van der Waals surface area (Å²) in [6, 6.07) is 0. The van der Waals surface area contributed by atoms with Gasteiger partial charge in [-0.05, 0) is 67.9 Å². The summed E-state index contributed by atoms with van der Waals surface area (Å²) in [5.41, 5.74) is 1.98. The minimum Gasteiger partial charge on any atom is -0.444 e. The monoisotopic (exact) mass is 340 g/mol. The van der Waals surface area contributed by atoms with Crippen LogP contribution in [0.5, 0.6) is 0 Å². The first-order valence-corrected chi connectivity index (χ1v) is 7.95. The van der Waals surface area contributed by atoms with Crippen LogP contribution in [0.2, 0.25) is 0 Å². The Hall–Kier alpha value is -0.970. The Bertz CT molecular complexity index is 541. The number of amides is 1. The zero-order valence-corrected chi connectivity index (χ0v) is 13.8. The van der Waals surface area contributed by atoms with Crippen LogP contribution in [0.1, 0.15) is 51.3 Å². The molecule has 20 heavy (non-hydrogen) atoms. The largest absolute Gasteiger partial charge is 0.444 e. The third-order valence-corrected chi connectivity index (χ3v) is 5.03. The zero-order valence-electron chi connectivity index (χ0n) is 12.3. The number of hydrogen-bond acceptors (Lipinski definition) is 2. The average molecular weight is 341 g/mol. The number of rotatable bonds is 0. The third-order valence-electron chi connectivity index (χ3n) is 4.32. The number of halogens is 1. The summed E-state index contributed by atoms with van der Waals surface area (Å²) >= 11 is 3.60. The van der Waals surface area contributed by atoms with Crippen LogP contribution >= 0.6 is 15.9 Å². The molecule has 1 aromatic heterocycles. The fourth-order valence-electron chi connectivity index (χ4n) is 3.16. The van der Waals surface area contributed by atoms with E-state index in [-0.39, 0.29) is 11.6 Å². The van der Waals surface area contributed by atoms with Crippen molar-refractivity contribution in [2.75, 3.05) is 0 Å². The van der Waals surface area contributed by atoms with E-state index in [0.29, 0.717) is 6.54 Å². The lowest BCUT2D eigenvalue weighted by molar-refractivity contribution is -0.0360. The van der Waals surface area contributed by atoms with Gasteiger partial charge in [-0.3, -0.25) is 4.90 Å². The summed E-state index contributed by atoms with van der Waals surface area (Å²) in [6.45, 7) is 6.37. The van der Waals surface area contributed by atoms with Crippen LogP contribution in [-0.2, 0) is 17.7 Å². The smallest absolute Gasteiger partial charge is 0.411 e. The van der Waals surface area contributed by atoms with Crippen molar-refractivity contribution in [3.63, 3.8) is 0 Å². The first kappa shape index (κ1) is 14.0. The Morgan fingerprint density at radius 2 is 2.15 bits per heavy atom. The highest BCUT2D eigenvalue weighted by atomic mass is 79.9. The van der Waals surface area contributed by atoms with Crippen molar-refractivity contribution in [2.24, 2.45) is 0 Å². The molecule has 0 unspecified atom stereocenters. The number of aromatic nitrogens is 1. The highest BCUT2D eigenvalue weighted by Gasteiger charge is 2.49. The molecule has 1 N–H and O–H groups in total. The molecule has 4 nitrogen and oxygen atoms in total. The van der Waals surface area contributed by atoms with Gasteiger partial charge in [-0.25, -0.2) is 4.79 Å². The summed E-state index contributed by atoms with van der Waals surface area (Å²) < 4.78 is 6.72. The number of H-pyrrole nitrogens is 1. The lowest BCUT2D eigenvalue weighted by atomic mass is 9.70. The minimum atomic E-state index is -0.446. The molecule has 0 bridgehead atoms. The Morgan fingerprint density at radius 3 is 2.70 bits per heavy atom. The van der Waals surface area contributed by atoms with Crippen LogP contribution < -0.4 is 0 Å². The van der Waals surface area contributed by atoms with Crippen molar-refractivity contribution in [2.45, 2.75) is 64.1 Å². The van der Waals surface area contributed by atoms with E-state index in [1.54, 1.807) is 0 Å². The van der Waals surface area contributed by atoms with Gasteiger partial charge in [0.2, 0.25) is 0 Å². The lowest BCUT2D eigenvalue weighted by Crippen LogP contribution is -2.60. The van der Waals surface area contributed by atoms with Crippen molar-refractivity contribution in [3.8, 4) is 0 Å². The SMILES string of the molecule is CC(C)(C)OC(=O)N1Cc2[nH]cc(Br)c2CC12CCC2. The van der Waals surface area contributed by atoms with Crippen molar-refractivity contribution in [1.82, 2.24) is 9.88 Å². The third kappa shape index (κ3) is 2.26. The van der Waals surface area contributed by atoms with Gasteiger partial charge in [-0.15, -0.1) is 0 Å². The van der Waals surface area contributed by atoms with Gasteiger partial charge in [0.15, 0.2) is 0 Å². The molecule has 1 spiro atoms. The molecule has 1 amide bonds. The molecule has 1 saturated carbocycles. The van der Waals surface area contributed by atoms with Crippen LogP contribution in [0.15, 0.2) is 10.7 Å². The number of nitrogens with one attached hydrogen (secondary N) is 1. The van der Waals surface area contributed by atoms with Crippen molar-refractivity contribution < 1.29 is 9.53 Å². The number of nitrogens with zero attached hydrogens (tertiary/aromatic N) is 1. The molecule has 3 rings (SSSR count). The summed E-state index contributed by atoms with van der Waals surface area (Å²) in [4.78, 5) is 17.7. The van der Waals surface area contributed by atoms with Crippen molar-refractivity contribution >= 4 is 22.0 Å². The fourth-order valence-corrected chi connectivity index (χ4v) is 3.65. The molecule has 0 atom stereocenters. The maximum absolute atomic E-state index is 12.5. The number of carbonyl (C=O) groups is 1. The molecule has 1 fully saturated rings. The first-order valence-electron chi connectivity index (χ1n) is 7.16. The highest BCUT2D eigenvalue weighted by Crippen LogP contribution is 2.46. The Kier molecular flexibility index (Phi) is 3.16. The van der Waals surface area contributed by atoms with Gasteiger partial charge in [0.05, 0.1) is 12.1 Å². The predicted molar refractivity (Wildman–Crippen MR) is 80.6 cm³/mol. The molecule has 1 aliphatic carbocycles. The second-order valence-electron chi connectivity index (χ2n) is 6.91. The van der Waals surface area contributed by atoms with Crippen molar-refractivity contribution in [1.29, 1.82) is 0 Å². The standard InChI is InChI=1S/C15H21BrN2O2/c1-14(2,3)20-13(19)18-9-12-10(11(16)8-17-12)7-15(18)5-4-6-15/h8,17H,4-7,9H2,1-3H3. The second-order valence-corrected chi connectivity index (χ2v) is 7.77. The van der Waals surface area contributed by atoms with Gasteiger partial charge < -0.3 is 9.72 Å². The summed E-state index contributed by atoms with van der Waals surface area (Å²) in [7, 11) is 0. The van der Waals surface area contributed by atoms with E-state index in [9.17, 15) is 4.79 Å². The lowest BCUT2D eigenvalue weighted by Gasteiger charge is -2.52. The number of fused-ring (bicyclic) bond motifs is 1. The predicted octanol–water partition coefficient (Wildman–Crippen LogP) is 3.99. The van der Waals surface area contributed by atoms with Crippen molar-refractivity contribution in [3.05, 3.63) is 21.9 Å². The molecular weight excluding hydrogens is 320 g/mol. The Labute approximate surface area is 128 Å². The average Bonchev–Trinajstić information content (AvgIpc) is 2.64. The fraction of sp³-hybridized carbons (Fsp3) is 0.667. The van der Waals surface area contributed by atoms with Crippen LogP contribution in [0.4, 0.5) is 4.79 Å². The molecule has 2 aliphatic rings. The van der Waals surface area contributed by atoms with Gasteiger partial charge >= 0.3 is 6.09 Å². The first-order chi connectivity index (χ1) is 9.31. The van der Waals surface area contributed by atoms with E-state index >= 15 is 0 Å². The maximum Gasteiger partial charge on any atom is 0.411 e. The zero-order chi connectivity index (χ0) is 14.5. The normalized spacial score (nSPS) is 20.5. The number of carbonyl (C=O) groups excluding carboxylic acids is 1. The Balaban J connectivity index is 1.88. The molecule has 2 heterocycles. The molecule has 1 aromatic rings. The van der Waals surface area contributed by atoms with E-state index in [1.807, 2.05) is 31.9 Å². The molecule has 5 heteroatoms. The van der Waals surface area contributed by atoms with Crippen LogP contribution in [-0.4, -0.2) is 27.1 Å². The van der Waals surface area contributed by atoms with Gasteiger partial charge in [0.1, 0.15) is 5.60 Å². The van der Waals surface area contributed by atoms with E-state index in [1.165, 1.54) is 12.0 Å². The van der Waals surface area contributed by atoms with Gasteiger partial charge in [0, 0.05) is 16.4 Å². The van der Waals surface area contributed by atoms with Crippen LogP contribution in [0.3, 0.4) is 0 Å². The summed E-state index contributed by atoms with van der Waals surface area (Å²) in [5.74, 6) is 0. The quantitative estimate of drug-likeness (QED) is 0.775. The minimum absolute atomic E-state index is 0.0277. The number of ether oxygens (including phenoxy) is 1. The second kappa shape index (κ2) is 4.52. The van der Waals surface area contributed by atoms with E-state index in [0.717, 1.165) is 29.4 Å². The topological polar surface area (TPSA) is 45.3 Å². The molecule has 110 valence electrons. The maximum atomic E-state index is 12.5. The Morgan fingerprint density at radius 1 is 1.45 bits per heavy atom. The number of aromatic amines is 1. The van der Waals surface area contributed by atoms with E-state index < -0.39 is 5.60 Å². The summed E-state index contributed by atoms with van der Waals surface area (Å²) in [6.07, 6.45) is 6.04. The van der Waals surface area contributed by atoms with E-state index in [4.69, 9.17) is 4.74 Å².